The standard InChI is InChI=1S/C10H13BrN2O2/c1-7-6-9(15-12-7)10(14)13-4-2-8(11)3-5-13/h6,8H,2-5H2,1H3. The molecule has 0 aliphatic carbocycles. The van der Waals surface area contributed by atoms with Crippen LogP contribution in [-0.4, -0.2) is 33.9 Å². The van der Waals surface area contributed by atoms with Crippen molar-refractivity contribution in [1.29, 1.82) is 0 Å². The molecule has 0 saturated carbocycles. The van der Waals surface area contributed by atoms with Crippen LogP contribution in [-0.2, 0) is 0 Å². The molecule has 1 aliphatic rings. The highest BCUT2D eigenvalue weighted by atomic mass is 79.9. The Morgan fingerprint density at radius 2 is 2.27 bits per heavy atom. The van der Waals surface area contributed by atoms with E-state index in [2.05, 4.69) is 21.1 Å². The Balaban J connectivity index is 2.02. The average molecular weight is 273 g/mol. The molecule has 1 amide bonds. The first-order chi connectivity index (χ1) is 7.16. The summed E-state index contributed by atoms with van der Waals surface area (Å²) in [6.45, 7) is 3.38. The van der Waals surface area contributed by atoms with Crippen LogP contribution in [0.25, 0.3) is 0 Å². The van der Waals surface area contributed by atoms with Gasteiger partial charge in [0, 0.05) is 24.0 Å². The van der Waals surface area contributed by atoms with Gasteiger partial charge in [0.05, 0.1) is 5.69 Å². The molecule has 0 aromatic carbocycles. The number of hydrogen-bond acceptors (Lipinski definition) is 3. The number of nitrogens with zero attached hydrogens (tertiary/aromatic N) is 2. The lowest BCUT2D eigenvalue weighted by molar-refractivity contribution is 0.0686. The van der Waals surface area contributed by atoms with Crippen molar-refractivity contribution in [3.05, 3.63) is 17.5 Å². The average Bonchev–Trinajstić information content (AvgIpc) is 2.65. The number of likely N-dealkylation sites (tertiary alicyclic amines) is 1. The maximum absolute atomic E-state index is 11.9. The largest absolute Gasteiger partial charge is 0.351 e. The molecule has 15 heavy (non-hydrogen) atoms. The highest BCUT2D eigenvalue weighted by Crippen LogP contribution is 2.19. The summed E-state index contributed by atoms with van der Waals surface area (Å²) >= 11 is 3.55. The number of aryl methyl sites for hydroxylation is 1. The lowest BCUT2D eigenvalue weighted by atomic mass is 10.1. The van der Waals surface area contributed by atoms with Gasteiger partial charge >= 0.3 is 0 Å². The zero-order valence-corrected chi connectivity index (χ0v) is 10.2. The first-order valence-corrected chi connectivity index (χ1v) is 5.95. The van der Waals surface area contributed by atoms with Crippen molar-refractivity contribution < 1.29 is 9.32 Å². The Morgan fingerprint density at radius 1 is 1.60 bits per heavy atom. The van der Waals surface area contributed by atoms with Crippen LogP contribution >= 0.6 is 15.9 Å². The van der Waals surface area contributed by atoms with Gasteiger partial charge in [0.15, 0.2) is 0 Å². The van der Waals surface area contributed by atoms with Crippen LogP contribution in [0.2, 0.25) is 0 Å². The van der Waals surface area contributed by atoms with E-state index < -0.39 is 0 Å². The third-order valence-corrected chi connectivity index (χ3v) is 3.47. The zero-order valence-electron chi connectivity index (χ0n) is 8.57. The maximum atomic E-state index is 11.9. The van der Waals surface area contributed by atoms with Crippen LogP contribution in [0.1, 0.15) is 29.1 Å². The monoisotopic (exact) mass is 272 g/mol. The van der Waals surface area contributed by atoms with Crippen molar-refractivity contribution >= 4 is 21.8 Å². The summed E-state index contributed by atoms with van der Waals surface area (Å²) in [4.78, 5) is 14.3. The van der Waals surface area contributed by atoms with Crippen LogP contribution in [0.15, 0.2) is 10.6 Å². The molecule has 82 valence electrons. The third-order valence-electron chi connectivity index (χ3n) is 2.55. The van der Waals surface area contributed by atoms with E-state index in [0.717, 1.165) is 31.6 Å². The van der Waals surface area contributed by atoms with Crippen molar-refractivity contribution in [2.24, 2.45) is 0 Å². The number of amides is 1. The van der Waals surface area contributed by atoms with E-state index in [0.29, 0.717) is 10.6 Å². The van der Waals surface area contributed by atoms with Gasteiger partial charge in [0.1, 0.15) is 0 Å². The summed E-state index contributed by atoms with van der Waals surface area (Å²) < 4.78 is 4.95. The Labute approximate surface area is 96.7 Å². The van der Waals surface area contributed by atoms with Gasteiger partial charge in [0.25, 0.3) is 5.91 Å². The van der Waals surface area contributed by atoms with Crippen LogP contribution < -0.4 is 0 Å². The Morgan fingerprint density at radius 3 is 2.80 bits per heavy atom. The minimum atomic E-state index is -0.0463. The van der Waals surface area contributed by atoms with Crippen molar-refractivity contribution in [2.45, 2.75) is 24.6 Å². The van der Waals surface area contributed by atoms with Gasteiger partial charge in [-0.3, -0.25) is 4.79 Å². The fourth-order valence-corrected chi connectivity index (χ4v) is 2.08. The molecule has 1 fully saturated rings. The second kappa shape index (κ2) is 4.35. The predicted octanol–water partition coefficient (Wildman–Crippen LogP) is 1.98. The van der Waals surface area contributed by atoms with E-state index in [9.17, 15) is 4.79 Å². The van der Waals surface area contributed by atoms with Crippen molar-refractivity contribution in [3.8, 4) is 0 Å². The zero-order chi connectivity index (χ0) is 10.8. The molecule has 0 atom stereocenters. The van der Waals surface area contributed by atoms with Crippen molar-refractivity contribution in [1.82, 2.24) is 10.1 Å². The molecular weight excluding hydrogens is 260 g/mol. The lowest BCUT2D eigenvalue weighted by Gasteiger charge is -2.28. The molecule has 1 aliphatic heterocycles. The minimum Gasteiger partial charge on any atom is -0.351 e. The van der Waals surface area contributed by atoms with Crippen molar-refractivity contribution in [2.75, 3.05) is 13.1 Å². The minimum absolute atomic E-state index is 0.0463. The fraction of sp³-hybridized carbons (Fsp3) is 0.600. The van der Waals surface area contributed by atoms with E-state index in [1.54, 1.807) is 6.07 Å². The highest BCUT2D eigenvalue weighted by Gasteiger charge is 2.24. The molecule has 2 heterocycles. The molecule has 5 heteroatoms. The van der Waals surface area contributed by atoms with Crippen LogP contribution in [0.4, 0.5) is 0 Å². The van der Waals surface area contributed by atoms with Crippen LogP contribution in [0, 0.1) is 6.92 Å². The van der Waals surface area contributed by atoms with Gasteiger partial charge in [-0.25, -0.2) is 0 Å². The van der Waals surface area contributed by atoms with Crippen LogP contribution in [0.3, 0.4) is 0 Å². The molecule has 0 N–H and O–H groups in total. The number of hydrogen-bond donors (Lipinski definition) is 0. The van der Waals surface area contributed by atoms with Gasteiger partial charge in [-0.15, -0.1) is 0 Å². The Kier molecular flexibility index (Phi) is 3.09. The number of alkyl halides is 1. The summed E-state index contributed by atoms with van der Waals surface area (Å²) in [7, 11) is 0. The van der Waals surface area contributed by atoms with E-state index in [-0.39, 0.29) is 5.91 Å². The highest BCUT2D eigenvalue weighted by molar-refractivity contribution is 9.09. The lowest BCUT2D eigenvalue weighted by Crippen LogP contribution is -2.38. The summed E-state index contributed by atoms with van der Waals surface area (Å²) in [5, 5.41) is 3.72. The molecule has 1 aromatic rings. The number of halogens is 1. The molecule has 2 rings (SSSR count). The molecule has 1 aromatic heterocycles. The molecule has 1 saturated heterocycles. The molecule has 4 nitrogen and oxygen atoms in total. The number of rotatable bonds is 1. The number of aromatic nitrogens is 1. The number of carbonyl (C=O) groups excluding carboxylic acids is 1. The molecule has 0 unspecified atom stereocenters. The topological polar surface area (TPSA) is 46.3 Å². The van der Waals surface area contributed by atoms with Gasteiger partial charge in [0.2, 0.25) is 5.76 Å². The van der Waals surface area contributed by atoms with E-state index >= 15 is 0 Å². The summed E-state index contributed by atoms with van der Waals surface area (Å²) in [6.07, 6.45) is 2.00. The van der Waals surface area contributed by atoms with Gasteiger partial charge in [-0.2, -0.15) is 0 Å². The number of carbonyl (C=O) groups is 1. The Hall–Kier alpha value is -0.840. The maximum Gasteiger partial charge on any atom is 0.292 e. The normalized spacial score (nSPS) is 18.1. The first-order valence-electron chi connectivity index (χ1n) is 5.03. The predicted molar refractivity (Wildman–Crippen MR) is 59.1 cm³/mol. The van der Waals surface area contributed by atoms with Gasteiger partial charge in [-0.1, -0.05) is 21.1 Å². The smallest absolute Gasteiger partial charge is 0.292 e. The van der Waals surface area contributed by atoms with Crippen LogP contribution in [0.5, 0.6) is 0 Å². The Bertz CT molecular complexity index is 356. The van der Waals surface area contributed by atoms with Gasteiger partial charge in [-0.05, 0) is 19.8 Å². The molecular formula is C10H13BrN2O2. The summed E-state index contributed by atoms with van der Waals surface area (Å²) in [5.41, 5.74) is 0.744. The summed E-state index contributed by atoms with van der Waals surface area (Å²) in [6, 6.07) is 1.68. The first kappa shape index (κ1) is 10.7. The van der Waals surface area contributed by atoms with E-state index in [1.165, 1.54) is 0 Å². The molecule has 0 radical (unpaired) electrons. The SMILES string of the molecule is Cc1cc(C(=O)N2CCC(Br)CC2)on1. The molecule has 0 bridgehead atoms. The summed E-state index contributed by atoms with van der Waals surface area (Å²) in [5.74, 6) is 0.301. The van der Waals surface area contributed by atoms with Gasteiger partial charge < -0.3 is 9.42 Å². The number of piperidine rings is 1. The second-order valence-electron chi connectivity index (χ2n) is 3.80. The second-order valence-corrected chi connectivity index (χ2v) is 5.09. The quantitative estimate of drug-likeness (QED) is 0.735. The van der Waals surface area contributed by atoms with Crippen molar-refractivity contribution in [3.63, 3.8) is 0 Å². The fourth-order valence-electron chi connectivity index (χ4n) is 1.67. The third kappa shape index (κ3) is 2.40. The van der Waals surface area contributed by atoms with E-state index in [4.69, 9.17) is 4.52 Å². The molecule has 0 spiro atoms. The van der Waals surface area contributed by atoms with E-state index in [1.807, 2.05) is 11.8 Å².